The molecular formula is C16H19N3S. The zero-order valence-corrected chi connectivity index (χ0v) is 12.8. The van der Waals surface area contributed by atoms with Crippen LogP contribution < -0.4 is 16.2 Å². The predicted octanol–water partition coefficient (Wildman–Crippen LogP) is 3.93. The summed E-state index contributed by atoms with van der Waals surface area (Å²) >= 11 is 5.30. The van der Waals surface area contributed by atoms with Crippen molar-refractivity contribution in [2.45, 2.75) is 20.8 Å². The SMILES string of the molecule is Cc1ccccc1NNC(=S)Nc1cccc(C)c1C. The van der Waals surface area contributed by atoms with Gasteiger partial charge in [-0.1, -0.05) is 30.3 Å². The summed E-state index contributed by atoms with van der Waals surface area (Å²) in [4.78, 5) is 0. The molecule has 2 aromatic carbocycles. The Morgan fingerprint density at radius 3 is 2.25 bits per heavy atom. The average Bonchev–Trinajstić information content (AvgIpc) is 2.43. The first-order valence-corrected chi connectivity index (χ1v) is 6.93. The van der Waals surface area contributed by atoms with E-state index in [0.29, 0.717) is 5.11 Å². The number of nitrogens with one attached hydrogen (secondary N) is 3. The van der Waals surface area contributed by atoms with Gasteiger partial charge in [-0.05, 0) is 61.8 Å². The molecule has 104 valence electrons. The molecule has 3 N–H and O–H groups in total. The average molecular weight is 285 g/mol. The Morgan fingerprint density at radius 2 is 1.50 bits per heavy atom. The van der Waals surface area contributed by atoms with E-state index in [1.165, 1.54) is 11.1 Å². The maximum absolute atomic E-state index is 5.30. The van der Waals surface area contributed by atoms with Crippen LogP contribution in [0, 0.1) is 20.8 Å². The number of benzene rings is 2. The fourth-order valence-corrected chi connectivity index (χ4v) is 2.04. The van der Waals surface area contributed by atoms with Gasteiger partial charge in [0.1, 0.15) is 0 Å². The van der Waals surface area contributed by atoms with Crippen molar-refractivity contribution in [3.63, 3.8) is 0 Å². The van der Waals surface area contributed by atoms with Gasteiger partial charge < -0.3 is 5.32 Å². The molecule has 0 heterocycles. The molecule has 0 saturated heterocycles. The van der Waals surface area contributed by atoms with E-state index in [1.807, 2.05) is 43.3 Å². The van der Waals surface area contributed by atoms with E-state index in [9.17, 15) is 0 Å². The zero-order chi connectivity index (χ0) is 14.5. The van der Waals surface area contributed by atoms with Crippen LogP contribution in [0.3, 0.4) is 0 Å². The second-order valence-corrected chi connectivity index (χ2v) is 5.17. The standard InChI is InChI=1S/C16H19N3S/c1-11-8-6-10-15(13(11)3)17-16(20)19-18-14-9-5-4-7-12(14)2/h4-10,18H,1-3H3,(H2,17,19,20). The fourth-order valence-electron chi connectivity index (χ4n) is 1.88. The summed E-state index contributed by atoms with van der Waals surface area (Å²) < 4.78 is 0. The lowest BCUT2D eigenvalue weighted by atomic mass is 10.1. The van der Waals surface area contributed by atoms with Gasteiger partial charge in [0.25, 0.3) is 0 Å². The predicted molar refractivity (Wildman–Crippen MR) is 90.1 cm³/mol. The number of rotatable bonds is 3. The van der Waals surface area contributed by atoms with Gasteiger partial charge in [-0.3, -0.25) is 10.9 Å². The summed E-state index contributed by atoms with van der Waals surface area (Å²) in [6.07, 6.45) is 0. The summed E-state index contributed by atoms with van der Waals surface area (Å²) in [6, 6.07) is 14.2. The maximum atomic E-state index is 5.30. The van der Waals surface area contributed by atoms with Crippen LogP contribution in [-0.4, -0.2) is 5.11 Å². The molecule has 3 nitrogen and oxygen atoms in total. The van der Waals surface area contributed by atoms with Crippen molar-refractivity contribution in [1.29, 1.82) is 0 Å². The Morgan fingerprint density at radius 1 is 0.850 bits per heavy atom. The molecule has 0 unspecified atom stereocenters. The number of hydrogen-bond donors (Lipinski definition) is 3. The van der Waals surface area contributed by atoms with E-state index < -0.39 is 0 Å². The van der Waals surface area contributed by atoms with Gasteiger partial charge in [0.2, 0.25) is 0 Å². The third-order valence-electron chi connectivity index (χ3n) is 3.31. The molecule has 0 aliphatic carbocycles. The molecule has 0 amide bonds. The first kappa shape index (κ1) is 14.3. The minimum atomic E-state index is 0.543. The molecular weight excluding hydrogens is 266 g/mol. The van der Waals surface area contributed by atoms with Crippen molar-refractivity contribution >= 4 is 28.7 Å². The minimum Gasteiger partial charge on any atom is -0.331 e. The second kappa shape index (κ2) is 6.39. The van der Waals surface area contributed by atoms with Crippen LogP contribution in [0.15, 0.2) is 42.5 Å². The Balaban J connectivity index is 1.96. The summed E-state index contributed by atoms with van der Waals surface area (Å²) in [7, 11) is 0. The molecule has 0 atom stereocenters. The quantitative estimate of drug-likeness (QED) is 0.590. The van der Waals surface area contributed by atoms with Crippen LogP contribution >= 0.6 is 12.2 Å². The molecule has 2 rings (SSSR count). The molecule has 0 bridgehead atoms. The largest absolute Gasteiger partial charge is 0.331 e. The second-order valence-electron chi connectivity index (χ2n) is 4.77. The number of anilines is 2. The van der Waals surface area contributed by atoms with Crippen LogP contribution in [0.2, 0.25) is 0 Å². The first-order valence-electron chi connectivity index (χ1n) is 6.53. The number of hydrazine groups is 1. The normalized spacial score (nSPS) is 9.95. The molecule has 2 aromatic rings. The van der Waals surface area contributed by atoms with E-state index in [-0.39, 0.29) is 0 Å². The minimum absolute atomic E-state index is 0.543. The zero-order valence-electron chi connectivity index (χ0n) is 11.9. The lowest BCUT2D eigenvalue weighted by molar-refractivity contribution is 1.13. The maximum Gasteiger partial charge on any atom is 0.189 e. The number of para-hydroxylation sites is 1. The Labute approximate surface area is 125 Å². The smallest absolute Gasteiger partial charge is 0.189 e. The van der Waals surface area contributed by atoms with Crippen LogP contribution in [0.4, 0.5) is 11.4 Å². The Kier molecular flexibility index (Phi) is 4.58. The van der Waals surface area contributed by atoms with Gasteiger partial charge in [0.05, 0.1) is 5.69 Å². The van der Waals surface area contributed by atoms with E-state index in [4.69, 9.17) is 12.2 Å². The van der Waals surface area contributed by atoms with Crippen LogP contribution in [0.1, 0.15) is 16.7 Å². The summed E-state index contributed by atoms with van der Waals surface area (Å²) in [6.45, 7) is 6.21. The van der Waals surface area contributed by atoms with Gasteiger partial charge in [0.15, 0.2) is 5.11 Å². The molecule has 20 heavy (non-hydrogen) atoms. The van der Waals surface area contributed by atoms with Gasteiger partial charge in [-0.25, -0.2) is 0 Å². The highest BCUT2D eigenvalue weighted by Crippen LogP contribution is 2.18. The molecule has 0 saturated carbocycles. The van der Waals surface area contributed by atoms with Gasteiger partial charge in [-0.2, -0.15) is 0 Å². The van der Waals surface area contributed by atoms with E-state index in [2.05, 4.69) is 36.1 Å². The van der Waals surface area contributed by atoms with Crippen LogP contribution in [-0.2, 0) is 0 Å². The molecule has 0 aliphatic heterocycles. The highest BCUT2D eigenvalue weighted by molar-refractivity contribution is 7.80. The van der Waals surface area contributed by atoms with E-state index in [1.54, 1.807) is 0 Å². The summed E-state index contributed by atoms with van der Waals surface area (Å²) in [5, 5.41) is 3.74. The highest BCUT2D eigenvalue weighted by Gasteiger charge is 2.03. The number of aryl methyl sites for hydroxylation is 2. The molecule has 0 fully saturated rings. The topological polar surface area (TPSA) is 36.1 Å². The van der Waals surface area contributed by atoms with Crippen molar-refractivity contribution in [1.82, 2.24) is 5.43 Å². The van der Waals surface area contributed by atoms with Crippen molar-refractivity contribution in [2.75, 3.05) is 10.7 Å². The van der Waals surface area contributed by atoms with Crippen molar-refractivity contribution in [3.05, 3.63) is 59.2 Å². The Hall–Kier alpha value is -2.07. The van der Waals surface area contributed by atoms with Crippen molar-refractivity contribution in [3.8, 4) is 0 Å². The molecule has 0 aromatic heterocycles. The lowest BCUT2D eigenvalue weighted by Crippen LogP contribution is -2.33. The van der Waals surface area contributed by atoms with Gasteiger partial charge in [-0.15, -0.1) is 0 Å². The molecule has 4 heteroatoms. The molecule has 0 spiro atoms. The highest BCUT2D eigenvalue weighted by atomic mass is 32.1. The fraction of sp³-hybridized carbons (Fsp3) is 0.188. The third kappa shape index (κ3) is 3.48. The van der Waals surface area contributed by atoms with Gasteiger partial charge in [0, 0.05) is 5.69 Å². The Bertz CT molecular complexity index is 623. The summed E-state index contributed by atoms with van der Waals surface area (Å²) in [5.41, 5.74) is 11.8. The first-order chi connectivity index (χ1) is 9.58. The lowest BCUT2D eigenvalue weighted by Gasteiger charge is -2.15. The van der Waals surface area contributed by atoms with E-state index in [0.717, 1.165) is 16.9 Å². The number of thiocarbonyl (C=S) groups is 1. The third-order valence-corrected chi connectivity index (χ3v) is 3.51. The van der Waals surface area contributed by atoms with E-state index >= 15 is 0 Å². The molecule has 0 radical (unpaired) electrons. The number of hydrogen-bond acceptors (Lipinski definition) is 2. The summed E-state index contributed by atoms with van der Waals surface area (Å²) in [5.74, 6) is 0. The van der Waals surface area contributed by atoms with Gasteiger partial charge >= 0.3 is 0 Å². The van der Waals surface area contributed by atoms with Crippen LogP contribution in [0.5, 0.6) is 0 Å². The molecule has 0 aliphatic rings. The monoisotopic (exact) mass is 285 g/mol. The van der Waals surface area contributed by atoms with Crippen molar-refractivity contribution in [2.24, 2.45) is 0 Å². The van der Waals surface area contributed by atoms with Crippen molar-refractivity contribution < 1.29 is 0 Å². The van der Waals surface area contributed by atoms with Crippen LogP contribution in [0.25, 0.3) is 0 Å².